The van der Waals surface area contributed by atoms with Gasteiger partial charge in [-0.1, -0.05) is 21.1 Å². The molecule has 0 spiro atoms. The highest BCUT2D eigenvalue weighted by atomic mass is 79.9. The SMILES string of the molecule is OCCc1noc2ccc(Br)cc12. The summed E-state index contributed by atoms with van der Waals surface area (Å²) < 4.78 is 6.06. The highest BCUT2D eigenvalue weighted by Crippen LogP contribution is 2.22. The summed E-state index contributed by atoms with van der Waals surface area (Å²) in [4.78, 5) is 0. The Labute approximate surface area is 83.5 Å². The summed E-state index contributed by atoms with van der Waals surface area (Å²) in [7, 11) is 0. The predicted molar refractivity (Wildman–Crippen MR) is 52.5 cm³/mol. The van der Waals surface area contributed by atoms with Gasteiger partial charge < -0.3 is 9.63 Å². The molecular formula is C9H8BrNO2. The Morgan fingerprint density at radius 2 is 2.31 bits per heavy atom. The Morgan fingerprint density at radius 1 is 1.46 bits per heavy atom. The lowest BCUT2D eigenvalue weighted by Crippen LogP contribution is -1.90. The van der Waals surface area contributed by atoms with E-state index in [-0.39, 0.29) is 6.61 Å². The van der Waals surface area contributed by atoms with E-state index in [2.05, 4.69) is 21.1 Å². The Balaban J connectivity index is 2.58. The average molecular weight is 242 g/mol. The first-order valence-corrected chi connectivity index (χ1v) is 4.75. The molecule has 1 N–H and O–H groups in total. The van der Waals surface area contributed by atoms with Crippen LogP contribution in [0.15, 0.2) is 27.2 Å². The lowest BCUT2D eigenvalue weighted by molar-refractivity contribution is 0.295. The minimum Gasteiger partial charge on any atom is -0.396 e. The van der Waals surface area contributed by atoms with Crippen LogP contribution in [0.1, 0.15) is 5.69 Å². The summed E-state index contributed by atoms with van der Waals surface area (Å²) in [5.74, 6) is 0. The first kappa shape index (κ1) is 8.72. The van der Waals surface area contributed by atoms with Gasteiger partial charge in [-0.15, -0.1) is 0 Å². The summed E-state index contributed by atoms with van der Waals surface area (Å²) in [5, 5.41) is 13.6. The molecule has 0 saturated heterocycles. The third kappa shape index (κ3) is 1.59. The molecule has 0 unspecified atom stereocenters. The van der Waals surface area contributed by atoms with Gasteiger partial charge in [-0.25, -0.2) is 0 Å². The first-order valence-electron chi connectivity index (χ1n) is 3.96. The zero-order chi connectivity index (χ0) is 9.26. The van der Waals surface area contributed by atoms with Crippen molar-refractivity contribution < 1.29 is 9.63 Å². The van der Waals surface area contributed by atoms with E-state index in [1.165, 1.54) is 0 Å². The van der Waals surface area contributed by atoms with Crippen LogP contribution in [-0.2, 0) is 6.42 Å². The fourth-order valence-electron chi connectivity index (χ4n) is 1.25. The van der Waals surface area contributed by atoms with E-state index in [4.69, 9.17) is 9.63 Å². The molecule has 3 nitrogen and oxygen atoms in total. The van der Waals surface area contributed by atoms with E-state index in [0.29, 0.717) is 6.42 Å². The Kier molecular flexibility index (Phi) is 2.33. The molecule has 0 aliphatic heterocycles. The third-order valence-electron chi connectivity index (χ3n) is 1.86. The maximum absolute atomic E-state index is 8.77. The lowest BCUT2D eigenvalue weighted by atomic mass is 10.2. The van der Waals surface area contributed by atoms with Gasteiger partial charge in [-0.3, -0.25) is 0 Å². The van der Waals surface area contributed by atoms with E-state index >= 15 is 0 Å². The van der Waals surface area contributed by atoms with Gasteiger partial charge in [0.2, 0.25) is 0 Å². The molecule has 4 heteroatoms. The number of hydrogen-bond donors (Lipinski definition) is 1. The first-order chi connectivity index (χ1) is 6.31. The van der Waals surface area contributed by atoms with E-state index in [1.54, 1.807) is 0 Å². The number of hydrogen-bond acceptors (Lipinski definition) is 3. The van der Waals surface area contributed by atoms with Crippen molar-refractivity contribution in [1.29, 1.82) is 0 Å². The zero-order valence-electron chi connectivity index (χ0n) is 6.83. The number of halogens is 1. The standard InChI is InChI=1S/C9H8BrNO2/c10-6-1-2-9-7(5-6)8(3-4-12)11-13-9/h1-2,5,12H,3-4H2. The van der Waals surface area contributed by atoms with Crippen molar-refractivity contribution in [1.82, 2.24) is 5.16 Å². The molecule has 0 fully saturated rings. The fourth-order valence-corrected chi connectivity index (χ4v) is 1.61. The minimum absolute atomic E-state index is 0.0914. The number of aliphatic hydroxyl groups excluding tert-OH is 1. The minimum atomic E-state index is 0.0914. The summed E-state index contributed by atoms with van der Waals surface area (Å²) in [6.45, 7) is 0.0914. The van der Waals surface area contributed by atoms with Crippen LogP contribution in [-0.4, -0.2) is 16.9 Å². The summed E-state index contributed by atoms with van der Waals surface area (Å²) in [6, 6.07) is 5.69. The van der Waals surface area contributed by atoms with Crippen molar-refractivity contribution in [3.8, 4) is 0 Å². The maximum atomic E-state index is 8.77. The third-order valence-corrected chi connectivity index (χ3v) is 2.35. The number of nitrogens with zero attached hydrogens (tertiary/aromatic N) is 1. The largest absolute Gasteiger partial charge is 0.396 e. The molecule has 0 aliphatic carbocycles. The molecule has 2 aromatic rings. The summed E-state index contributed by atoms with van der Waals surface area (Å²) >= 11 is 3.37. The van der Waals surface area contributed by atoms with Crippen molar-refractivity contribution >= 4 is 26.9 Å². The van der Waals surface area contributed by atoms with E-state index in [1.807, 2.05) is 18.2 Å². The monoisotopic (exact) mass is 241 g/mol. The van der Waals surface area contributed by atoms with Crippen LogP contribution in [0.2, 0.25) is 0 Å². The van der Waals surface area contributed by atoms with Crippen LogP contribution in [0, 0.1) is 0 Å². The number of benzene rings is 1. The maximum Gasteiger partial charge on any atom is 0.167 e. The van der Waals surface area contributed by atoms with Gasteiger partial charge >= 0.3 is 0 Å². The molecule has 1 aromatic carbocycles. The van der Waals surface area contributed by atoms with Gasteiger partial charge in [0.25, 0.3) is 0 Å². The quantitative estimate of drug-likeness (QED) is 0.877. The topological polar surface area (TPSA) is 46.3 Å². The van der Waals surface area contributed by atoms with E-state index < -0.39 is 0 Å². The van der Waals surface area contributed by atoms with E-state index in [0.717, 1.165) is 21.1 Å². The molecule has 1 heterocycles. The van der Waals surface area contributed by atoms with Gasteiger partial charge in [0.15, 0.2) is 5.58 Å². The molecule has 1 aromatic heterocycles. The molecule has 0 amide bonds. The number of aromatic nitrogens is 1. The van der Waals surface area contributed by atoms with Crippen molar-refractivity contribution in [2.45, 2.75) is 6.42 Å². The number of rotatable bonds is 2. The van der Waals surface area contributed by atoms with Crippen LogP contribution < -0.4 is 0 Å². The zero-order valence-corrected chi connectivity index (χ0v) is 8.41. The van der Waals surface area contributed by atoms with Gasteiger partial charge in [0, 0.05) is 22.9 Å². The van der Waals surface area contributed by atoms with Crippen LogP contribution in [0.4, 0.5) is 0 Å². The molecular weight excluding hydrogens is 234 g/mol. The molecule has 0 atom stereocenters. The Morgan fingerprint density at radius 3 is 3.08 bits per heavy atom. The van der Waals surface area contributed by atoms with Crippen molar-refractivity contribution in [2.75, 3.05) is 6.61 Å². The van der Waals surface area contributed by atoms with Crippen molar-refractivity contribution in [3.63, 3.8) is 0 Å². The second-order valence-electron chi connectivity index (χ2n) is 2.74. The van der Waals surface area contributed by atoms with Crippen LogP contribution >= 0.6 is 15.9 Å². The van der Waals surface area contributed by atoms with Gasteiger partial charge in [0.1, 0.15) is 0 Å². The highest BCUT2D eigenvalue weighted by Gasteiger charge is 2.06. The van der Waals surface area contributed by atoms with Crippen LogP contribution in [0.3, 0.4) is 0 Å². The summed E-state index contributed by atoms with van der Waals surface area (Å²) in [6.07, 6.45) is 0.531. The number of aliphatic hydroxyl groups is 1. The molecule has 0 saturated carbocycles. The molecule has 0 aliphatic rings. The van der Waals surface area contributed by atoms with Crippen molar-refractivity contribution in [2.24, 2.45) is 0 Å². The van der Waals surface area contributed by atoms with Gasteiger partial charge in [-0.05, 0) is 18.2 Å². The number of fused-ring (bicyclic) bond motifs is 1. The fraction of sp³-hybridized carbons (Fsp3) is 0.222. The highest BCUT2D eigenvalue weighted by molar-refractivity contribution is 9.10. The molecule has 2 rings (SSSR count). The normalized spacial score (nSPS) is 10.9. The lowest BCUT2D eigenvalue weighted by Gasteiger charge is -1.91. The van der Waals surface area contributed by atoms with Gasteiger partial charge in [0.05, 0.1) is 5.69 Å². The van der Waals surface area contributed by atoms with Gasteiger partial charge in [-0.2, -0.15) is 0 Å². The second-order valence-corrected chi connectivity index (χ2v) is 3.66. The molecule has 68 valence electrons. The Hall–Kier alpha value is -0.870. The second kappa shape index (κ2) is 3.47. The molecule has 0 radical (unpaired) electrons. The Bertz CT molecular complexity index is 424. The molecule has 13 heavy (non-hydrogen) atoms. The summed E-state index contributed by atoms with van der Waals surface area (Å²) in [5.41, 5.74) is 1.56. The van der Waals surface area contributed by atoms with Crippen molar-refractivity contribution in [3.05, 3.63) is 28.4 Å². The average Bonchev–Trinajstić information content (AvgIpc) is 2.49. The van der Waals surface area contributed by atoms with E-state index in [9.17, 15) is 0 Å². The van der Waals surface area contributed by atoms with Crippen LogP contribution in [0.5, 0.6) is 0 Å². The smallest absolute Gasteiger partial charge is 0.167 e. The predicted octanol–water partition coefficient (Wildman–Crippen LogP) is 2.13. The van der Waals surface area contributed by atoms with Crippen LogP contribution in [0.25, 0.3) is 11.0 Å². The molecule has 0 bridgehead atoms.